The minimum absolute atomic E-state index is 0.286. The van der Waals surface area contributed by atoms with Gasteiger partial charge in [-0.2, -0.15) is 0 Å². The number of hydrogen-bond acceptors (Lipinski definition) is 2. The van der Waals surface area contributed by atoms with E-state index in [2.05, 4.69) is 16.4 Å². The van der Waals surface area contributed by atoms with Gasteiger partial charge in [-0.1, -0.05) is 42.5 Å². The van der Waals surface area contributed by atoms with Crippen LogP contribution in [0.2, 0.25) is 0 Å². The fourth-order valence-corrected chi connectivity index (χ4v) is 2.02. The van der Waals surface area contributed by atoms with E-state index in [1.165, 1.54) is 0 Å². The van der Waals surface area contributed by atoms with Gasteiger partial charge in [-0.05, 0) is 37.1 Å². The van der Waals surface area contributed by atoms with Crippen molar-refractivity contribution in [3.8, 4) is 5.75 Å². The quantitative estimate of drug-likeness (QED) is 0.636. The third kappa shape index (κ3) is 5.48. The van der Waals surface area contributed by atoms with Crippen molar-refractivity contribution in [2.45, 2.75) is 33.0 Å². The van der Waals surface area contributed by atoms with Gasteiger partial charge in [0.2, 0.25) is 0 Å². The summed E-state index contributed by atoms with van der Waals surface area (Å²) in [5.74, 6) is 1.34. The average Bonchev–Trinajstić information content (AvgIpc) is 2.52. The fourth-order valence-electron chi connectivity index (χ4n) is 2.02. The molecule has 2 rings (SSSR count). The zero-order valence-electron chi connectivity index (χ0n) is 13.1. The number of aliphatic imine (C=N–C) groups is 1. The summed E-state index contributed by atoms with van der Waals surface area (Å²) in [4.78, 5) is 4.34. The molecule has 2 aromatic rings. The number of ether oxygens (including phenoxy) is 1. The molecule has 0 spiro atoms. The van der Waals surface area contributed by atoms with Gasteiger partial charge < -0.3 is 15.8 Å². The van der Waals surface area contributed by atoms with Gasteiger partial charge in [-0.15, -0.1) is 0 Å². The Morgan fingerprint density at radius 3 is 2.55 bits per heavy atom. The van der Waals surface area contributed by atoms with Crippen LogP contribution >= 0.6 is 0 Å². The number of nitrogens with two attached hydrogens (primary N) is 1. The third-order valence-corrected chi connectivity index (χ3v) is 3.01. The number of guanidine groups is 1. The molecule has 0 saturated carbocycles. The standard InChI is InChI=1S/C18H23N3O/c1-14(2)21-18(19)20-12-15-7-6-8-16(11-15)13-22-17-9-4-3-5-10-17/h3-11,14H,12-13H2,1-2H3,(H3,19,20,21). The molecule has 0 aliphatic rings. The second kappa shape index (κ2) is 8.08. The summed E-state index contributed by atoms with van der Waals surface area (Å²) in [5.41, 5.74) is 8.04. The second-order valence-corrected chi connectivity index (χ2v) is 5.42. The van der Waals surface area contributed by atoms with E-state index in [-0.39, 0.29) is 6.04 Å². The fraction of sp³-hybridized carbons (Fsp3) is 0.278. The molecule has 0 unspecified atom stereocenters. The van der Waals surface area contributed by atoms with Gasteiger partial charge in [0.15, 0.2) is 5.96 Å². The van der Waals surface area contributed by atoms with E-state index in [9.17, 15) is 0 Å². The molecular weight excluding hydrogens is 274 g/mol. The first-order valence-corrected chi connectivity index (χ1v) is 7.45. The van der Waals surface area contributed by atoms with Crippen molar-refractivity contribution in [2.24, 2.45) is 10.7 Å². The lowest BCUT2D eigenvalue weighted by Crippen LogP contribution is -2.36. The predicted octanol–water partition coefficient (Wildman–Crippen LogP) is 3.08. The Kier molecular flexibility index (Phi) is 5.83. The highest BCUT2D eigenvalue weighted by Gasteiger charge is 1.99. The molecule has 22 heavy (non-hydrogen) atoms. The van der Waals surface area contributed by atoms with Gasteiger partial charge in [-0.3, -0.25) is 0 Å². The van der Waals surface area contributed by atoms with Gasteiger partial charge >= 0.3 is 0 Å². The number of hydrogen-bond donors (Lipinski definition) is 2. The minimum atomic E-state index is 0.286. The van der Waals surface area contributed by atoms with Crippen LogP contribution in [0, 0.1) is 0 Å². The second-order valence-electron chi connectivity index (χ2n) is 5.42. The maximum Gasteiger partial charge on any atom is 0.189 e. The maximum absolute atomic E-state index is 5.81. The van der Waals surface area contributed by atoms with Gasteiger partial charge in [0.05, 0.1) is 6.54 Å². The molecule has 0 aliphatic carbocycles. The van der Waals surface area contributed by atoms with E-state index < -0.39 is 0 Å². The lowest BCUT2D eigenvalue weighted by Gasteiger charge is -2.09. The van der Waals surface area contributed by atoms with Crippen molar-refractivity contribution < 1.29 is 4.74 Å². The van der Waals surface area contributed by atoms with Crippen molar-refractivity contribution in [1.29, 1.82) is 0 Å². The molecule has 0 aliphatic heterocycles. The molecule has 0 atom stereocenters. The summed E-state index contributed by atoms with van der Waals surface area (Å²) in [5, 5.41) is 3.08. The monoisotopic (exact) mass is 297 g/mol. The Morgan fingerprint density at radius 2 is 1.82 bits per heavy atom. The summed E-state index contributed by atoms with van der Waals surface area (Å²) in [6.45, 7) is 5.17. The molecule has 0 bridgehead atoms. The molecule has 0 aromatic heterocycles. The van der Waals surface area contributed by atoms with E-state index in [1.807, 2.05) is 62.4 Å². The molecule has 4 nitrogen and oxygen atoms in total. The van der Waals surface area contributed by atoms with Crippen LogP contribution in [0.1, 0.15) is 25.0 Å². The van der Waals surface area contributed by atoms with Gasteiger partial charge in [0.25, 0.3) is 0 Å². The number of nitrogens with one attached hydrogen (secondary N) is 1. The molecule has 116 valence electrons. The molecule has 3 N–H and O–H groups in total. The molecule has 0 saturated heterocycles. The normalized spacial score (nSPS) is 11.5. The van der Waals surface area contributed by atoms with E-state index in [0.29, 0.717) is 19.1 Å². The Bertz CT molecular complexity index is 609. The zero-order chi connectivity index (χ0) is 15.8. The largest absolute Gasteiger partial charge is 0.489 e. The number of para-hydroxylation sites is 1. The number of rotatable bonds is 6. The maximum atomic E-state index is 5.81. The lowest BCUT2D eigenvalue weighted by atomic mass is 10.1. The molecule has 4 heteroatoms. The Balaban J connectivity index is 1.92. The summed E-state index contributed by atoms with van der Waals surface area (Å²) in [7, 11) is 0. The van der Waals surface area contributed by atoms with Crippen LogP contribution in [0.3, 0.4) is 0 Å². The Hall–Kier alpha value is -2.49. The van der Waals surface area contributed by atoms with Crippen LogP contribution in [0.5, 0.6) is 5.75 Å². The average molecular weight is 297 g/mol. The van der Waals surface area contributed by atoms with Crippen LogP contribution in [0.25, 0.3) is 0 Å². The van der Waals surface area contributed by atoms with Crippen LogP contribution < -0.4 is 15.8 Å². The topological polar surface area (TPSA) is 59.6 Å². The van der Waals surface area contributed by atoms with Crippen LogP contribution in [-0.4, -0.2) is 12.0 Å². The van der Waals surface area contributed by atoms with Crippen LogP contribution in [0.4, 0.5) is 0 Å². The summed E-state index contributed by atoms with van der Waals surface area (Å²) in [6.07, 6.45) is 0. The zero-order valence-corrected chi connectivity index (χ0v) is 13.1. The molecule has 0 fully saturated rings. The van der Waals surface area contributed by atoms with Crippen molar-refractivity contribution in [3.63, 3.8) is 0 Å². The van der Waals surface area contributed by atoms with Crippen molar-refractivity contribution >= 4 is 5.96 Å². The highest BCUT2D eigenvalue weighted by Crippen LogP contribution is 2.13. The summed E-state index contributed by atoms with van der Waals surface area (Å²) in [6, 6.07) is 18.3. The van der Waals surface area contributed by atoms with E-state index >= 15 is 0 Å². The molecule has 0 amide bonds. The Labute approximate surface area is 132 Å². The minimum Gasteiger partial charge on any atom is -0.489 e. The first-order valence-electron chi connectivity index (χ1n) is 7.45. The van der Waals surface area contributed by atoms with Gasteiger partial charge in [-0.25, -0.2) is 4.99 Å². The summed E-state index contributed by atoms with van der Waals surface area (Å²) < 4.78 is 5.75. The Morgan fingerprint density at radius 1 is 1.09 bits per heavy atom. The van der Waals surface area contributed by atoms with E-state index in [1.54, 1.807) is 0 Å². The molecule has 0 heterocycles. The van der Waals surface area contributed by atoms with Gasteiger partial charge in [0, 0.05) is 6.04 Å². The highest BCUT2D eigenvalue weighted by atomic mass is 16.5. The molecular formula is C18H23N3O. The lowest BCUT2D eigenvalue weighted by molar-refractivity contribution is 0.306. The van der Waals surface area contributed by atoms with Crippen molar-refractivity contribution in [3.05, 3.63) is 65.7 Å². The van der Waals surface area contributed by atoms with Crippen LogP contribution in [-0.2, 0) is 13.2 Å². The number of nitrogens with zero attached hydrogens (tertiary/aromatic N) is 1. The van der Waals surface area contributed by atoms with Crippen molar-refractivity contribution in [2.75, 3.05) is 0 Å². The highest BCUT2D eigenvalue weighted by molar-refractivity contribution is 5.78. The SMILES string of the molecule is CC(C)NC(N)=NCc1cccc(COc2ccccc2)c1. The van der Waals surface area contributed by atoms with E-state index in [0.717, 1.165) is 16.9 Å². The van der Waals surface area contributed by atoms with Crippen LogP contribution in [0.15, 0.2) is 59.6 Å². The first-order chi connectivity index (χ1) is 10.6. The number of benzene rings is 2. The molecule has 0 radical (unpaired) electrons. The van der Waals surface area contributed by atoms with Gasteiger partial charge in [0.1, 0.15) is 12.4 Å². The smallest absolute Gasteiger partial charge is 0.189 e. The molecule has 2 aromatic carbocycles. The van der Waals surface area contributed by atoms with E-state index in [4.69, 9.17) is 10.5 Å². The third-order valence-electron chi connectivity index (χ3n) is 3.01. The first kappa shape index (κ1) is 15.9. The van der Waals surface area contributed by atoms with Crippen molar-refractivity contribution in [1.82, 2.24) is 5.32 Å². The predicted molar refractivity (Wildman–Crippen MR) is 90.8 cm³/mol. The summed E-state index contributed by atoms with van der Waals surface area (Å²) >= 11 is 0.